The minimum absolute atomic E-state index is 0.107. The summed E-state index contributed by atoms with van der Waals surface area (Å²) in [5.41, 5.74) is 5.97. The van der Waals surface area contributed by atoms with Crippen molar-refractivity contribution in [2.45, 2.75) is 58.6 Å². The van der Waals surface area contributed by atoms with Crippen LogP contribution in [-0.2, 0) is 0 Å². The molecule has 1 aliphatic carbocycles. The lowest BCUT2D eigenvalue weighted by Crippen LogP contribution is -2.45. The van der Waals surface area contributed by atoms with Crippen molar-refractivity contribution in [2.24, 2.45) is 11.7 Å². The monoisotopic (exact) mass is 292 g/mol. The van der Waals surface area contributed by atoms with Gasteiger partial charge in [0.05, 0.1) is 18.5 Å². The normalized spacial score (nSPS) is 22.3. The van der Waals surface area contributed by atoms with Gasteiger partial charge in [-0.15, -0.1) is 0 Å². The lowest BCUT2D eigenvalue weighted by atomic mass is 9.83. The Morgan fingerprint density at radius 1 is 1.33 bits per heavy atom. The molecule has 2 atom stereocenters. The summed E-state index contributed by atoms with van der Waals surface area (Å²) < 4.78 is 5.67. The van der Waals surface area contributed by atoms with Crippen molar-refractivity contribution in [1.29, 1.82) is 0 Å². The molecule has 0 amide bonds. The molecule has 0 bridgehead atoms. The van der Waals surface area contributed by atoms with Gasteiger partial charge in [0.15, 0.2) is 5.82 Å². The van der Waals surface area contributed by atoms with Gasteiger partial charge in [-0.1, -0.05) is 12.8 Å². The fourth-order valence-corrected chi connectivity index (χ4v) is 3.21. The van der Waals surface area contributed by atoms with Crippen molar-refractivity contribution < 1.29 is 4.74 Å². The second-order valence-electron chi connectivity index (χ2n) is 6.02. The number of anilines is 1. The summed E-state index contributed by atoms with van der Waals surface area (Å²) in [5, 5.41) is 0. The molecule has 5 nitrogen and oxygen atoms in total. The third-order valence-corrected chi connectivity index (χ3v) is 4.16. The van der Waals surface area contributed by atoms with E-state index in [1.54, 1.807) is 6.20 Å². The zero-order chi connectivity index (χ0) is 15.2. The number of hydrogen-bond donors (Lipinski definition) is 1. The molecular formula is C16H28N4O. The van der Waals surface area contributed by atoms with Crippen molar-refractivity contribution >= 4 is 5.82 Å². The number of ether oxygens (including phenoxy) is 1. The van der Waals surface area contributed by atoms with E-state index in [1.807, 2.05) is 20.0 Å². The van der Waals surface area contributed by atoms with Crippen LogP contribution in [0.5, 0.6) is 5.88 Å². The smallest absolute Gasteiger partial charge is 0.234 e. The van der Waals surface area contributed by atoms with Crippen LogP contribution in [0, 0.1) is 5.92 Å². The maximum Gasteiger partial charge on any atom is 0.234 e. The van der Waals surface area contributed by atoms with Gasteiger partial charge in [-0.05, 0) is 46.1 Å². The van der Waals surface area contributed by atoms with Crippen LogP contribution in [0.2, 0.25) is 0 Å². The van der Waals surface area contributed by atoms with Crippen LogP contribution in [-0.4, -0.2) is 35.2 Å². The van der Waals surface area contributed by atoms with Gasteiger partial charge in [-0.3, -0.25) is 4.98 Å². The van der Waals surface area contributed by atoms with Crippen molar-refractivity contribution in [2.75, 3.05) is 18.0 Å². The van der Waals surface area contributed by atoms with Crippen LogP contribution >= 0.6 is 0 Å². The Morgan fingerprint density at radius 3 is 2.76 bits per heavy atom. The molecule has 2 unspecified atom stereocenters. The Hall–Kier alpha value is -1.36. The van der Waals surface area contributed by atoms with Crippen LogP contribution in [0.25, 0.3) is 0 Å². The van der Waals surface area contributed by atoms with Crippen LogP contribution in [0.15, 0.2) is 12.4 Å². The number of nitrogens with zero attached hydrogens (tertiary/aromatic N) is 3. The molecule has 2 rings (SSSR count). The first-order valence-electron chi connectivity index (χ1n) is 8.11. The largest absolute Gasteiger partial charge is 0.474 e. The lowest BCUT2D eigenvalue weighted by Gasteiger charge is -2.39. The second kappa shape index (κ2) is 7.59. The average molecular weight is 292 g/mol. The summed E-state index contributed by atoms with van der Waals surface area (Å²) in [6.45, 7) is 7.83. The van der Waals surface area contributed by atoms with E-state index in [2.05, 4.69) is 21.8 Å². The van der Waals surface area contributed by atoms with Crippen molar-refractivity contribution in [1.82, 2.24) is 9.97 Å². The van der Waals surface area contributed by atoms with Crippen molar-refractivity contribution in [3.8, 4) is 5.88 Å². The van der Waals surface area contributed by atoms with Crippen LogP contribution in [0.4, 0.5) is 5.82 Å². The Balaban J connectivity index is 2.19. The fourth-order valence-electron chi connectivity index (χ4n) is 3.21. The van der Waals surface area contributed by atoms with E-state index in [9.17, 15) is 0 Å². The average Bonchev–Trinajstić information content (AvgIpc) is 2.48. The van der Waals surface area contributed by atoms with E-state index >= 15 is 0 Å². The van der Waals surface area contributed by atoms with E-state index < -0.39 is 0 Å². The first-order chi connectivity index (χ1) is 10.2. The van der Waals surface area contributed by atoms with Gasteiger partial charge in [-0.2, -0.15) is 4.98 Å². The molecule has 1 saturated carbocycles. The van der Waals surface area contributed by atoms with Gasteiger partial charge in [0, 0.05) is 12.6 Å². The summed E-state index contributed by atoms with van der Waals surface area (Å²) in [7, 11) is 0. The summed E-state index contributed by atoms with van der Waals surface area (Å²) in [6, 6.07) is 0.470. The molecule has 0 saturated heterocycles. The molecule has 1 fully saturated rings. The predicted octanol–water partition coefficient (Wildman–Crippen LogP) is 2.61. The lowest BCUT2D eigenvalue weighted by molar-refractivity contribution is 0.231. The highest BCUT2D eigenvalue weighted by atomic mass is 16.5. The minimum Gasteiger partial charge on any atom is -0.474 e. The van der Waals surface area contributed by atoms with E-state index in [4.69, 9.17) is 10.5 Å². The highest BCUT2D eigenvalue weighted by molar-refractivity contribution is 5.39. The molecular weight excluding hydrogens is 264 g/mol. The SMILES string of the molecule is CCN(c1cncc(OC(C)C)n1)C1CCCCC1CN. The molecule has 21 heavy (non-hydrogen) atoms. The Morgan fingerprint density at radius 2 is 2.10 bits per heavy atom. The van der Waals surface area contributed by atoms with Gasteiger partial charge in [0.25, 0.3) is 0 Å². The fraction of sp³-hybridized carbons (Fsp3) is 0.750. The van der Waals surface area contributed by atoms with Gasteiger partial charge in [0.2, 0.25) is 5.88 Å². The standard InChI is InChI=1S/C16H28N4O/c1-4-20(14-8-6-5-7-13(14)9-17)15-10-18-11-16(19-15)21-12(2)3/h10-14H,4-9,17H2,1-3H3. The van der Waals surface area contributed by atoms with E-state index in [0.29, 0.717) is 17.8 Å². The number of nitrogens with two attached hydrogens (primary N) is 1. The van der Waals surface area contributed by atoms with Gasteiger partial charge >= 0.3 is 0 Å². The number of hydrogen-bond acceptors (Lipinski definition) is 5. The predicted molar refractivity (Wildman–Crippen MR) is 85.6 cm³/mol. The molecule has 1 aliphatic rings. The van der Waals surface area contributed by atoms with Crippen molar-refractivity contribution in [3.63, 3.8) is 0 Å². The maximum absolute atomic E-state index is 5.97. The van der Waals surface area contributed by atoms with Gasteiger partial charge < -0.3 is 15.4 Å². The molecule has 118 valence electrons. The minimum atomic E-state index is 0.107. The molecule has 5 heteroatoms. The summed E-state index contributed by atoms with van der Waals surface area (Å²) in [5.74, 6) is 2.05. The topological polar surface area (TPSA) is 64.3 Å². The Kier molecular flexibility index (Phi) is 5.79. The molecule has 1 aromatic heterocycles. The molecule has 0 spiro atoms. The molecule has 1 heterocycles. The molecule has 0 aliphatic heterocycles. The zero-order valence-corrected chi connectivity index (χ0v) is 13.5. The van der Waals surface area contributed by atoms with Crippen LogP contribution in [0.1, 0.15) is 46.5 Å². The third-order valence-electron chi connectivity index (χ3n) is 4.16. The van der Waals surface area contributed by atoms with Crippen LogP contribution in [0.3, 0.4) is 0 Å². The number of aromatic nitrogens is 2. The first-order valence-corrected chi connectivity index (χ1v) is 8.11. The maximum atomic E-state index is 5.97. The van der Waals surface area contributed by atoms with E-state index in [0.717, 1.165) is 18.9 Å². The summed E-state index contributed by atoms with van der Waals surface area (Å²) in [6.07, 6.45) is 8.58. The molecule has 2 N–H and O–H groups in total. The quantitative estimate of drug-likeness (QED) is 0.873. The highest BCUT2D eigenvalue weighted by Gasteiger charge is 2.29. The summed E-state index contributed by atoms with van der Waals surface area (Å²) in [4.78, 5) is 11.3. The summed E-state index contributed by atoms with van der Waals surface area (Å²) >= 11 is 0. The molecule has 0 radical (unpaired) electrons. The van der Waals surface area contributed by atoms with Crippen LogP contribution < -0.4 is 15.4 Å². The Bertz CT molecular complexity index is 438. The molecule has 1 aromatic rings. The highest BCUT2D eigenvalue weighted by Crippen LogP contribution is 2.30. The number of rotatable bonds is 6. The van der Waals surface area contributed by atoms with E-state index in [-0.39, 0.29) is 6.10 Å². The second-order valence-corrected chi connectivity index (χ2v) is 6.02. The zero-order valence-electron chi connectivity index (χ0n) is 13.5. The third kappa shape index (κ3) is 4.06. The van der Waals surface area contributed by atoms with E-state index in [1.165, 1.54) is 25.7 Å². The Labute approximate surface area is 127 Å². The first kappa shape index (κ1) is 16.0. The van der Waals surface area contributed by atoms with Crippen molar-refractivity contribution in [3.05, 3.63) is 12.4 Å². The van der Waals surface area contributed by atoms with Gasteiger partial charge in [0.1, 0.15) is 0 Å². The molecule has 0 aromatic carbocycles. The van der Waals surface area contributed by atoms with Gasteiger partial charge in [-0.25, -0.2) is 0 Å².